The Morgan fingerprint density at radius 1 is 1.24 bits per heavy atom. The molecule has 1 atom stereocenters. The van der Waals surface area contributed by atoms with Gasteiger partial charge in [-0.2, -0.15) is 5.10 Å². The highest BCUT2D eigenvalue weighted by atomic mass is 16.2. The fourth-order valence-corrected chi connectivity index (χ4v) is 2.55. The Hall–Kier alpha value is -2.67. The summed E-state index contributed by atoms with van der Waals surface area (Å²) in [5.74, 6) is -0.397. The first-order valence-corrected chi connectivity index (χ1v) is 8.14. The Balaban J connectivity index is 1.92. The fourth-order valence-electron chi connectivity index (χ4n) is 2.55. The van der Waals surface area contributed by atoms with Gasteiger partial charge in [-0.05, 0) is 44.8 Å². The van der Waals surface area contributed by atoms with Crippen LogP contribution in [0.1, 0.15) is 18.5 Å². The summed E-state index contributed by atoms with van der Waals surface area (Å²) < 4.78 is 1.57. The van der Waals surface area contributed by atoms with Crippen molar-refractivity contribution in [2.75, 3.05) is 33.0 Å². The zero-order valence-electron chi connectivity index (χ0n) is 15.1. The number of benzene rings is 1. The summed E-state index contributed by atoms with van der Waals surface area (Å²) in [6, 6.07) is 9.01. The Kier molecular flexibility index (Phi) is 6.30. The molecule has 2 rings (SSSR count). The second kappa shape index (κ2) is 8.43. The quantitative estimate of drug-likeness (QED) is 0.829. The van der Waals surface area contributed by atoms with Gasteiger partial charge in [0.2, 0.25) is 11.8 Å². The summed E-state index contributed by atoms with van der Waals surface area (Å²) in [5, 5.41) is 6.91. The lowest BCUT2D eigenvalue weighted by molar-refractivity contribution is -0.136. The van der Waals surface area contributed by atoms with Gasteiger partial charge in [0.1, 0.15) is 6.04 Å². The number of nitrogens with zero attached hydrogens (tertiary/aromatic N) is 4. The van der Waals surface area contributed by atoms with E-state index in [1.165, 1.54) is 4.90 Å². The molecule has 1 aromatic carbocycles. The first kappa shape index (κ1) is 18.7. The smallest absolute Gasteiger partial charge is 0.247 e. The highest BCUT2D eigenvalue weighted by molar-refractivity contribution is 5.94. The van der Waals surface area contributed by atoms with Gasteiger partial charge in [-0.3, -0.25) is 14.3 Å². The lowest BCUT2D eigenvalue weighted by atomic mass is 10.2. The maximum absolute atomic E-state index is 12.4. The summed E-state index contributed by atoms with van der Waals surface area (Å²) in [6.45, 7) is 2.54. The molecule has 0 saturated heterocycles. The highest BCUT2D eigenvalue weighted by Gasteiger charge is 2.21. The first-order valence-electron chi connectivity index (χ1n) is 8.14. The number of nitrogens with one attached hydrogen (secondary N) is 1. The minimum atomic E-state index is -0.448. The summed E-state index contributed by atoms with van der Waals surface area (Å²) >= 11 is 0. The standard InChI is InChI=1S/C18H25N5O2/c1-14(23-10-6-9-19-23)18(25)22(4)13-17(24)20-16-8-5-7-15(11-16)12-21(2)3/h5-11,14H,12-13H2,1-4H3,(H,20,24). The van der Waals surface area contributed by atoms with Crippen molar-refractivity contribution in [1.82, 2.24) is 19.6 Å². The molecule has 0 radical (unpaired) electrons. The van der Waals surface area contributed by atoms with Crippen LogP contribution in [-0.2, 0) is 16.1 Å². The van der Waals surface area contributed by atoms with Gasteiger partial charge in [0.15, 0.2) is 0 Å². The van der Waals surface area contributed by atoms with Crippen LogP contribution in [0.15, 0.2) is 42.7 Å². The topological polar surface area (TPSA) is 70.5 Å². The van der Waals surface area contributed by atoms with Gasteiger partial charge in [-0.25, -0.2) is 0 Å². The summed E-state index contributed by atoms with van der Waals surface area (Å²) in [5.41, 5.74) is 1.84. The third-order valence-corrected chi connectivity index (χ3v) is 3.75. The number of carbonyl (C=O) groups is 2. The van der Waals surface area contributed by atoms with Crippen molar-refractivity contribution < 1.29 is 9.59 Å². The van der Waals surface area contributed by atoms with Crippen molar-refractivity contribution in [3.05, 3.63) is 48.3 Å². The highest BCUT2D eigenvalue weighted by Crippen LogP contribution is 2.12. The van der Waals surface area contributed by atoms with E-state index < -0.39 is 6.04 Å². The van der Waals surface area contributed by atoms with E-state index in [4.69, 9.17) is 0 Å². The van der Waals surface area contributed by atoms with Crippen LogP contribution in [0.5, 0.6) is 0 Å². The Morgan fingerprint density at radius 3 is 2.64 bits per heavy atom. The monoisotopic (exact) mass is 343 g/mol. The van der Waals surface area contributed by atoms with E-state index in [-0.39, 0.29) is 18.4 Å². The van der Waals surface area contributed by atoms with Crippen LogP contribution in [0.4, 0.5) is 5.69 Å². The predicted molar refractivity (Wildman–Crippen MR) is 97.0 cm³/mol. The van der Waals surface area contributed by atoms with Gasteiger partial charge in [-0.1, -0.05) is 12.1 Å². The number of hydrogen-bond donors (Lipinski definition) is 1. The average molecular weight is 343 g/mol. The van der Waals surface area contributed by atoms with E-state index in [1.807, 2.05) is 38.4 Å². The second-order valence-electron chi connectivity index (χ2n) is 6.34. The maximum atomic E-state index is 12.4. The van der Waals surface area contributed by atoms with Crippen LogP contribution in [0.2, 0.25) is 0 Å². The van der Waals surface area contributed by atoms with Crippen LogP contribution < -0.4 is 5.32 Å². The van der Waals surface area contributed by atoms with Crippen LogP contribution in [-0.4, -0.2) is 59.1 Å². The number of aromatic nitrogens is 2. The first-order chi connectivity index (χ1) is 11.9. The summed E-state index contributed by atoms with van der Waals surface area (Å²) in [6.07, 6.45) is 3.35. The lowest BCUT2D eigenvalue weighted by Crippen LogP contribution is -2.38. The Bertz CT molecular complexity index is 712. The molecule has 2 amide bonds. The van der Waals surface area contributed by atoms with Crippen molar-refractivity contribution in [3.63, 3.8) is 0 Å². The summed E-state index contributed by atoms with van der Waals surface area (Å²) in [7, 11) is 5.60. The molecular weight excluding hydrogens is 318 g/mol. The van der Waals surface area contributed by atoms with Crippen molar-refractivity contribution in [1.29, 1.82) is 0 Å². The van der Waals surface area contributed by atoms with Gasteiger partial charge in [-0.15, -0.1) is 0 Å². The largest absolute Gasteiger partial charge is 0.335 e. The number of carbonyl (C=O) groups excluding carboxylic acids is 2. The Labute approximate surface area is 148 Å². The van der Waals surface area contributed by atoms with Gasteiger partial charge in [0, 0.05) is 31.7 Å². The molecule has 0 aliphatic rings. The van der Waals surface area contributed by atoms with Crippen LogP contribution in [0.25, 0.3) is 0 Å². The SMILES string of the molecule is CC(C(=O)N(C)CC(=O)Nc1cccc(CN(C)C)c1)n1cccn1. The van der Waals surface area contributed by atoms with Crippen LogP contribution in [0.3, 0.4) is 0 Å². The van der Waals surface area contributed by atoms with E-state index in [0.717, 1.165) is 17.8 Å². The van der Waals surface area contributed by atoms with E-state index in [9.17, 15) is 9.59 Å². The molecule has 134 valence electrons. The third kappa shape index (κ3) is 5.42. The third-order valence-electron chi connectivity index (χ3n) is 3.75. The van der Waals surface area contributed by atoms with Crippen molar-refractivity contribution in [3.8, 4) is 0 Å². The predicted octanol–water partition coefficient (Wildman–Crippen LogP) is 1.60. The van der Waals surface area contributed by atoms with Gasteiger partial charge in [0.25, 0.3) is 0 Å². The molecule has 2 aromatic rings. The van der Waals surface area contributed by atoms with Gasteiger partial charge >= 0.3 is 0 Å². The minimum absolute atomic E-state index is 0.0116. The molecule has 1 aromatic heterocycles. The molecule has 7 heteroatoms. The van der Waals surface area contributed by atoms with Gasteiger partial charge in [0.05, 0.1) is 6.54 Å². The fraction of sp³-hybridized carbons (Fsp3) is 0.389. The van der Waals surface area contributed by atoms with Crippen molar-refractivity contribution in [2.24, 2.45) is 0 Å². The van der Waals surface area contributed by atoms with Crippen molar-refractivity contribution in [2.45, 2.75) is 19.5 Å². The molecule has 0 aliphatic heterocycles. The zero-order chi connectivity index (χ0) is 18.4. The number of rotatable bonds is 7. The second-order valence-corrected chi connectivity index (χ2v) is 6.34. The number of amides is 2. The molecule has 0 aliphatic carbocycles. The van der Waals surface area contributed by atoms with E-state index in [0.29, 0.717) is 0 Å². The number of likely N-dealkylation sites (N-methyl/N-ethyl adjacent to an activating group) is 1. The minimum Gasteiger partial charge on any atom is -0.335 e. The number of anilines is 1. The molecule has 1 unspecified atom stereocenters. The molecule has 1 N–H and O–H groups in total. The van der Waals surface area contributed by atoms with Gasteiger partial charge < -0.3 is 15.1 Å². The molecule has 1 heterocycles. The number of hydrogen-bond acceptors (Lipinski definition) is 4. The summed E-state index contributed by atoms with van der Waals surface area (Å²) in [4.78, 5) is 28.1. The van der Waals surface area contributed by atoms with E-state index >= 15 is 0 Å². The zero-order valence-corrected chi connectivity index (χ0v) is 15.1. The molecule has 0 spiro atoms. The maximum Gasteiger partial charge on any atom is 0.247 e. The average Bonchev–Trinajstić information content (AvgIpc) is 3.07. The molecular formula is C18H25N5O2. The molecule has 25 heavy (non-hydrogen) atoms. The molecule has 7 nitrogen and oxygen atoms in total. The molecule has 0 saturated carbocycles. The van der Waals surface area contributed by atoms with Crippen LogP contribution in [0, 0.1) is 0 Å². The normalized spacial score (nSPS) is 12.0. The Morgan fingerprint density at radius 2 is 2.00 bits per heavy atom. The molecule has 0 bridgehead atoms. The van der Waals surface area contributed by atoms with E-state index in [1.54, 1.807) is 37.1 Å². The molecule has 0 fully saturated rings. The lowest BCUT2D eigenvalue weighted by Gasteiger charge is -2.21. The van der Waals surface area contributed by atoms with Crippen LogP contribution >= 0.6 is 0 Å². The van der Waals surface area contributed by atoms with Crippen molar-refractivity contribution >= 4 is 17.5 Å². The van der Waals surface area contributed by atoms with E-state index in [2.05, 4.69) is 15.3 Å².